The summed E-state index contributed by atoms with van der Waals surface area (Å²) >= 11 is 1.72. The van der Waals surface area contributed by atoms with Crippen molar-refractivity contribution in [3.05, 3.63) is 35.9 Å². The van der Waals surface area contributed by atoms with Crippen LogP contribution in [0.5, 0.6) is 0 Å². The van der Waals surface area contributed by atoms with Crippen molar-refractivity contribution in [2.75, 3.05) is 12.8 Å². The minimum atomic E-state index is -0.589. The Morgan fingerprint density at radius 1 is 1.39 bits per heavy atom. The molecule has 102 valence electrons. The first-order valence-corrected chi connectivity index (χ1v) is 6.82. The zero-order valence-electron chi connectivity index (χ0n) is 11.0. The Morgan fingerprint density at radius 3 is 2.44 bits per heavy atom. The van der Waals surface area contributed by atoms with E-state index in [0.29, 0.717) is 6.54 Å². The number of hydrogen-bond donors (Lipinski definition) is 2. The van der Waals surface area contributed by atoms with Gasteiger partial charge >= 0.3 is 0 Å². The molecule has 1 rings (SSSR count). The summed E-state index contributed by atoms with van der Waals surface area (Å²) in [7, 11) is 0. The van der Waals surface area contributed by atoms with Gasteiger partial charge in [-0.25, -0.2) is 0 Å². The number of amides is 1. The van der Waals surface area contributed by atoms with Crippen molar-refractivity contribution in [1.82, 2.24) is 5.32 Å². The molecule has 1 atom stereocenters. The third-order valence-corrected chi connectivity index (χ3v) is 3.93. The summed E-state index contributed by atoms with van der Waals surface area (Å²) in [5.41, 5.74) is 6.73. The normalized spacial score (nSPS) is 12.4. The maximum atomic E-state index is 11.9. The van der Waals surface area contributed by atoms with Gasteiger partial charge in [0, 0.05) is 11.3 Å². The van der Waals surface area contributed by atoms with E-state index in [-0.39, 0.29) is 23.1 Å². The third-order valence-electron chi connectivity index (χ3n) is 2.68. The molecule has 0 spiro atoms. The van der Waals surface area contributed by atoms with E-state index in [1.54, 1.807) is 11.8 Å². The summed E-state index contributed by atoms with van der Waals surface area (Å²) in [6, 6.07) is 8.82. The van der Waals surface area contributed by atoms with E-state index in [1.807, 2.05) is 36.6 Å². The molecule has 18 heavy (non-hydrogen) atoms. The number of carbonyl (C=O) groups excluding carboxylic acids is 1. The van der Waals surface area contributed by atoms with Crippen molar-refractivity contribution in [2.24, 2.45) is 5.73 Å². The fourth-order valence-corrected chi connectivity index (χ4v) is 1.51. The van der Waals surface area contributed by atoms with E-state index in [1.165, 1.54) is 0 Å². The summed E-state index contributed by atoms with van der Waals surface area (Å²) < 4.78 is 0.0338. The van der Waals surface area contributed by atoms with E-state index in [0.717, 1.165) is 5.56 Å². The molecule has 0 aliphatic carbocycles. The molecule has 0 saturated heterocycles. The van der Waals surface area contributed by atoms with Gasteiger partial charge in [-0.15, -0.1) is 12.4 Å². The first kappa shape index (κ1) is 17.3. The van der Waals surface area contributed by atoms with Gasteiger partial charge in [-0.2, -0.15) is 11.8 Å². The molecule has 1 unspecified atom stereocenters. The van der Waals surface area contributed by atoms with Crippen LogP contribution in [-0.4, -0.2) is 23.5 Å². The molecule has 0 heterocycles. The van der Waals surface area contributed by atoms with Gasteiger partial charge in [0.25, 0.3) is 0 Å². The Hall–Kier alpha value is -0.710. The molecular weight excluding hydrogens is 268 g/mol. The predicted octanol–water partition coefficient (Wildman–Crippen LogP) is 2.37. The lowest BCUT2D eigenvalue weighted by atomic mass is 10.1. The molecule has 0 aliphatic heterocycles. The third kappa shape index (κ3) is 5.29. The standard InChI is InChI=1S/C13H20N2OS.ClH/c1-13(2,17-3)9-15-12(16)11(14)10-7-5-4-6-8-10;/h4-8,11H,9,14H2,1-3H3,(H,15,16);1H. The highest BCUT2D eigenvalue weighted by Gasteiger charge is 2.20. The van der Waals surface area contributed by atoms with Gasteiger partial charge in [0.15, 0.2) is 0 Å². The number of halogens is 1. The van der Waals surface area contributed by atoms with Gasteiger partial charge in [0.1, 0.15) is 6.04 Å². The Bertz CT molecular complexity index is 371. The fourth-order valence-electron chi connectivity index (χ4n) is 1.29. The van der Waals surface area contributed by atoms with E-state index >= 15 is 0 Å². The van der Waals surface area contributed by atoms with Crippen LogP contribution >= 0.6 is 24.2 Å². The summed E-state index contributed by atoms with van der Waals surface area (Å²) in [5, 5.41) is 2.89. The average Bonchev–Trinajstić information content (AvgIpc) is 2.36. The monoisotopic (exact) mass is 288 g/mol. The second kappa shape index (κ2) is 7.67. The molecule has 1 amide bonds. The lowest BCUT2D eigenvalue weighted by Gasteiger charge is -2.23. The predicted molar refractivity (Wildman–Crippen MR) is 81.2 cm³/mol. The molecular formula is C13H21ClN2OS. The highest BCUT2D eigenvalue weighted by molar-refractivity contribution is 7.99. The molecule has 0 aromatic heterocycles. The van der Waals surface area contributed by atoms with Crippen molar-refractivity contribution in [1.29, 1.82) is 0 Å². The summed E-state index contributed by atoms with van der Waals surface area (Å²) in [5.74, 6) is -0.127. The highest BCUT2D eigenvalue weighted by atomic mass is 35.5. The van der Waals surface area contributed by atoms with Crippen molar-refractivity contribution in [3.8, 4) is 0 Å². The van der Waals surface area contributed by atoms with Crippen LogP contribution in [0.3, 0.4) is 0 Å². The Morgan fingerprint density at radius 2 is 1.94 bits per heavy atom. The van der Waals surface area contributed by atoms with Crippen molar-refractivity contribution in [2.45, 2.75) is 24.6 Å². The highest BCUT2D eigenvalue weighted by Crippen LogP contribution is 2.20. The Kier molecular flexibility index (Phi) is 7.36. The number of thioether (sulfide) groups is 1. The van der Waals surface area contributed by atoms with Crippen LogP contribution in [0.1, 0.15) is 25.5 Å². The topological polar surface area (TPSA) is 55.1 Å². The molecule has 0 bridgehead atoms. The van der Waals surface area contributed by atoms with Crippen LogP contribution in [0.4, 0.5) is 0 Å². The van der Waals surface area contributed by atoms with Crippen LogP contribution < -0.4 is 11.1 Å². The maximum Gasteiger partial charge on any atom is 0.241 e. The molecule has 3 N–H and O–H groups in total. The Balaban J connectivity index is 0.00000289. The average molecular weight is 289 g/mol. The van der Waals surface area contributed by atoms with Gasteiger partial charge in [-0.05, 0) is 25.7 Å². The number of rotatable bonds is 5. The van der Waals surface area contributed by atoms with Gasteiger partial charge in [-0.3, -0.25) is 4.79 Å². The first-order chi connectivity index (χ1) is 7.96. The quantitative estimate of drug-likeness (QED) is 0.874. The molecule has 5 heteroatoms. The van der Waals surface area contributed by atoms with Crippen molar-refractivity contribution < 1.29 is 4.79 Å². The first-order valence-electron chi connectivity index (χ1n) is 5.59. The van der Waals surface area contributed by atoms with Gasteiger partial charge in [0.05, 0.1) is 0 Å². The second-order valence-electron chi connectivity index (χ2n) is 4.57. The van der Waals surface area contributed by atoms with E-state index in [2.05, 4.69) is 19.2 Å². The lowest BCUT2D eigenvalue weighted by molar-refractivity contribution is -0.122. The molecule has 1 aromatic rings. The van der Waals surface area contributed by atoms with E-state index < -0.39 is 6.04 Å². The van der Waals surface area contributed by atoms with E-state index in [9.17, 15) is 4.79 Å². The maximum absolute atomic E-state index is 11.9. The molecule has 0 fully saturated rings. The molecule has 0 aliphatic rings. The largest absolute Gasteiger partial charge is 0.353 e. The fraction of sp³-hybridized carbons (Fsp3) is 0.462. The summed E-state index contributed by atoms with van der Waals surface area (Å²) in [6.07, 6.45) is 2.03. The summed E-state index contributed by atoms with van der Waals surface area (Å²) in [4.78, 5) is 11.9. The number of nitrogens with one attached hydrogen (secondary N) is 1. The molecule has 0 radical (unpaired) electrons. The second-order valence-corrected chi connectivity index (χ2v) is 6.08. The van der Waals surface area contributed by atoms with Gasteiger partial charge in [0.2, 0.25) is 5.91 Å². The van der Waals surface area contributed by atoms with Crippen LogP contribution in [0.2, 0.25) is 0 Å². The number of hydrogen-bond acceptors (Lipinski definition) is 3. The van der Waals surface area contributed by atoms with Crippen molar-refractivity contribution in [3.63, 3.8) is 0 Å². The summed E-state index contributed by atoms with van der Waals surface area (Å²) in [6.45, 7) is 4.80. The lowest BCUT2D eigenvalue weighted by Crippen LogP contribution is -2.40. The van der Waals surface area contributed by atoms with Crippen LogP contribution in [0.15, 0.2) is 30.3 Å². The van der Waals surface area contributed by atoms with Crippen LogP contribution in [-0.2, 0) is 4.79 Å². The van der Waals surface area contributed by atoms with Crippen molar-refractivity contribution >= 4 is 30.1 Å². The molecule has 0 saturated carbocycles. The van der Waals surface area contributed by atoms with E-state index in [4.69, 9.17) is 5.73 Å². The minimum absolute atomic E-state index is 0. The van der Waals surface area contributed by atoms with Gasteiger partial charge in [-0.1, -0.05) is 30.3 Å². The minimum Gasteiger partial charge on any atom is -0.353 e. The molecule has 1 aromatic carbocycles. The van der Waals surface area contributed by atoms with Crippen LogP contribution in [0, 0.1) is 0 Å². The molecule has 3 nitrogen and oxygen atoms in total. The smallest absolute Gasteiger partial charge is 0.241 e. The SMILES string of the molecule is CSC(C)(C)CNC(=O)C(N)c1ccccc1.Cl. The Labute approximate surface area is 119 Å². The zero-order valence-corrected chi connectivity index (χ0v) is 12.6. The number of nitrogens with two attached hydrogens (primary N) is 1. The van der Waals surface area contributed by atoms with Crippen LogP contribution in [0.25, 0.3) is 0 Å². The van der Waals surface area contributed by atoms with Gasteiger partial charge < -0.3 is 11.1 Å². The number of benzene rings is 1. The zero-order chi connectivity index (χ0) is 12.9. The number of carbonyl (C=O) groups is 1.